The van der Waals surface area contributed by atoms with Gasteiger partial charge in [0.25, 0.3) is 5.56 Å². The minimum atomic E-state index is -4.94. The minimum Gasteiger partial charge on any atom is -0.403 e. The molecule has 0 spiro atoms. The van der Waals surface area contributed by atoms with E-state index in [1.807, 2.05) is 4.98 Å². The number of alkyl halides is 4. The molecule has 8 heteroatoms. The van der Waals surface area contributed by atoms with Crippen molar-refractivity contribution in [3.63, 3.8) is 0 Å². The fourth-order valence-corrected chi connectivity index (χ4v) is 1.30. The Labute approximate surface area is 92.0 Å². The second-order valence-corrected chi connectivity index (χ2v) is 2.94. The lowest BCUT2D eigenvalue weighted by Gasteiger charge is -2.11. The Hall–Kier alpha value is -1.50. The standard InChI is InChI=1S/C8H5ClF3NO3/c9-1-4-5(3-14)6(2-13-7(4)15)16-8(10,11)12/h2-3H,1H2,(H,13,15). The van der Waals surface area contributed by atoms with Gasteiger partial charge in [0, 0.05) is 11.8 Å². The van der Waals surface area contributed by atoms with E-state index in [0.29, 0.717) is 6.20 Å². The summed E-state index contributed by atoms with van der Waals surface area (Å²) in [5.74, 6) is -1.17. The Morgan fingerprint density at radius 2 is 2.12 bits per heavy atom. The maximum atomic E-state index is 11.9. The van der Waals surface area contributed by atoms with Gasteiger partial charge < -0.3 is 9.72 Å². The first-order valence-corrected chi connectivity index (χ1v) is 4.44. The molecule has 16 heavy (non-hydrogen) atoms. The van der Waals surface area contributed by atoms with Crippen molar-refractivity contribution < 1.29 is 22.7 Å². The molecule has 1 aromatic rings. The van der Waals surface area contributed by atoms with Gasteiger partial charge in [-0.05, 0) is 0 Å². The molecular weight excluding hydrogens is 251 g/mol. The van der Waals surface area contributed by atoms with Gasteiger partial charge in [-0.1, -0.05) is 0 Å². The van der Waals surface area contributed by atoms with E-state index < -0.39 is 29.1 Å². The van der Waals surface area contributed by atoms with Gasteiger partial charge in [0.1, 0.15) is 0 Å². The molecule has 0 amide bonds. The number of rotatable bonds is 3. The van der Waals surface area contributed by atoms with Crippen molar-refractivity contribution in [3.05, 3.63) is 27.7 Å². The molecule has 0 aliphatic carbocycles. The Kier molecular flexibility index (Phi) is 3.58. The highest BCUT2D eigenvalue weighted by Gasteiger charge is 2.32. The van der Waals surface area contributed by atoms with Crippen LogP contribution < -0.4 is 10.3 Å². The van der Waals surface area contributed by atoms with Gasteiger partial charge in [-0.15, -0.1) is 24.8 Å². The molecule has 88 valence electrons. The number of carbonyl (C=O) groups is 1. The van der Waals surface area contributed by atoms with Gasteiger partial charge in [-0.2, -0.15) is 0 Å². The first-order chi connectivity index (χ1) is 7.39. The average molecular weight is 256 g/mol. The molecule has 1 aromatic heterocycles. The second kappa shape index (κ2) is 4.56. The van der Waals surface area contributed by atoms with E-state index in [1.54, 1.807) is 0 Å². The Bertz CT molecular complexity index is 455. The van der Waals surface area contributed by atoms with E-state index in [0.717, 1.165) is 0 Å². The van der Waals surface area contributed by atoms with Crippen LogP contribution in [0, 0.1) is 0 Å². The topological polar surface area (TPSA) is 59.2 Å². The third kappa shape index (κ3) is 2.75. The van der Waals surface area contributed by atoms with Gasteiger partial charge in [0.05, 0.1) is 11.4 Å². The molecule has 4 nitrogen and oxygen atoms in total. The predicted molar refractivity (Wildman–Crippen MR) is 48.7 cm³/mol. The van der Waals surface area contributed by atoms with Gasteiger partial charge in [0.2, 0.25) is 0 Å². The molecule has 0 atom stereocenters. The van der Waals surface area contributed by atoms with Crippen molar-refractivity contribution in [2.45, 2.75) is 12.2 Å². The molecule has 0 fully saturated rings. The van der Waals surface area contributed by atoms with E-state index in [1.165, 1.54) is 0 Å². The summed E-state index contributed by atoms with van der Waals surface area (Å²) in [4.78, 5) is 23.7. The smallest absolute Gasteiger partial charge is 0.403 e. The van der Waals surface area contributed by atoms with Gasteiger partial charge in [0.15, 0.2) is 12.0 Å². The van der Waals surface area contributed by atoms with Crippen molar-refractivity contribution in [2.75, 3.05) is 0 Å². The Morgan fingerprint density at radius 1 is 1.50 bits per heavy atom. The van der Waals surface area contributed by atoms with E-state index in [9.17, 15) is 22.8 Å². The third-order valence-electron chi connectivity index (χ3n) is 1.68. The Morgan fingerprint density at radius 3 is 2.56 bits per heavy atom. The fraction of sp³-hybridized carbons (Fsp3) is 0.250. The molecule has 1 N–H and O–H groups in total. The first-order valence-electron chi connectivity index (χ1n) is 3.90. The molecular formula is C8H5ClF3NO3. The molecule has 0 unspecified atom stereocenters. The SMILES string of the molecule is O=Cc1c(OC(F)(F)F)c[nH]c(=O)c1CCl. The number of pyridine rings is 1. The number of aromatic amines is 1. The van der Waals surface area contributed by atoms with Crippen molar-refractivity contribution in [3.8, 4) is 5.75 Å². The van der Waals surface area contributed by atoms with Gasteiger partial charge in [-0.3, -0.25) is 9.59 Å². The van der Waals surface area contributed by atoms with Crippen LogP contribution in [0.15, 0.2) is 11.0 Å². The molecule has 0 aliphatic rings. The monoisotopic (exact) mass is 255 g/mol. The first kappa shape index (κ1) is 12.6. The van der Waals surface area contributed by atoms with Crippen LogP contribution in [-0.2, 0) is 5.88 Å². The Balaban J connectivity index is 3.30. The molecule has 0 radical (unpaired) electrons. The lowest BCUT2D eigenvalue weighted by Crippen LogP contribution is -2.21. The number of carbonyl (C=O) groups excluding carboxylic acids is 1. The lowest BCUT2D eigenvalue weighted by atomic mass is 10.1. The maximum Gasteiger partial charge on any atom is 0.573 e. The van der Waals surface area contributed by atoms with Crippen LogP contribution in [-0.4, -0.2) is 17.6 Å². The summed E-state index contributed by atoms with van der Waals surface area (Å²) in [6.45, 7) is 0. The van der Waals surface area contributed by atoms with Crippen molar-refractivity contribution in [1.82, 2.24) is 4.98 Å². The zero-order chi connectivity index (χ0) is 12.3. The summed E-state index contributed by atoms with van der Waals surface area (Å²) < 4.78 is 39.4. The fourth-order valence-electron chi connectivity index (χ4n) is 1.04. The van der Waals surface area contributed by atoms with Crippen LogP contribution in [0.4, 0.5) is 13.2 Å². The molecule has 1 rings (SSSR count). The van der Waals surface area contributed by atoms with Crippen LogP contribution in [0.3, 0.4) is 0 Å². The average Bonchev–Trinajstić information content (AvgIpc) is 2.18. The van der Waals surface area contributed by atoms with Crippen LogP contribution in [0.2, 0.25) is 0 Å². The summed E-state index contributed by atoms with van der Waals surface area (Å²) in [5.41, 5.74) is -1.50. The summed E-state index contributed by atoms with van der Waals surface area (Å²) in [5, 5.41) is 0. The van der Waals surface area contributed by atoms with Crippen molar-refractivity contribution in [2.24, 2.45) is 0 Å². The molecule has 0 aliphatic heterocycles. The molecule has 0 saturated carbocycles. The summed E-state index contributed by atoms with van der Waals surface area (Å²) in [6, 6.07) is 0. The third-order valence-corrected chi connectivity index (χ3v) is 1.94. The van der Waals surface area contributed by atoms with Crippen LogP contribution in [0.5, 0.6) is 5.75 Å². The van der Waals surface area contributed by atoms with E-state index >= 15 is 0 Å². The number of aldehydes is 1. The van der Waals surface area contributed by atoms with Crippen molar-refractivity contribution >= 4 is 17.9 Å². The van der Waals surface area contributed by atoms with Crippen molar-refractivity contribution in [1.29, 1.82) is 0 Å². The minimum absolute atomic E-state index is 0.0913. The number of ether oxygens (including phenoxy) is 1. The highest BCUT2D eigenvalue weighted by Crippen LogP contribution is 2.25. The maximum absolute atomic E-state index is 11.9. The van der Waals surface area contributed by atoms with E-state index in [4.69, 9.17) is 11.6 Å². The number of aromatic nitrogens is 1. The van der Waals surface area contributed by atoms with E-state index in [-0.39, 0.29) is 11.8 Å². The number of nitrogens with one attached hydrogen (secondary N) is 1. The largest absolute Gasteiger partial charge is 0.573 e. The second-order valence-electron chi connectivity index (χ2n) is 2.67. The number of H-pyrrole nitrogens is 1. The number of hydrogen-bond donors (Lipinski definition) is 1. The van der Waals surface area contributed by atoms with E-state index in [2.05, 4.69) is 4.74 Å². The zero-order valence-electron chi connectivity index (χ0n) is 7.60. The quantitative estimate of drug-likeness (QED) is 0.662. The molecule has 0 bridgehead atoms. The predicted octanol–water partition coefficient (Wildman–Crippen LogP) is 1.82. The molecule has 0 aromatic carbocycles. The van der Waals surface area contributed by atoms with Crippen LogP contribution >= 0.6 is 11.6 Å². The number of hydrogen-bond acceptors (Lipinski definition) is 3. The highest BCUT2D eigenvalue weighted by molar-refractivity contribution is 6.17. The molecule has 1 heterocycles. The summed E-state index contributed by atoms with van der Waals surface area (Å²) in [6.07, 6.45) is -4.19. The van der Waals surface area contributed by atoms with Crippen LogP contribution in [0.25, 0.3) is 0 Å². The van der Waals surface area contributed by atoms with Gasteiger partial charge >= 0.3 is 6.36 Å². The summed E-state index contributed by atoms with van der Waals surface area (Å²) >= 11 is 5.34. The number of halogens is 4. The summed E-state index contributed by atoms with van der Waals surface area (Å²) in [7, 11) is 0. The highest BCUT2D eigenvalue weighted by atomic mass is 35.5. The zero-order valence-corrected chi connectivity index (χ0v) is 8.35. The molecule has 0 saturated heterocycles. The lowest BCUT2D eigenvalue weighted by molar-refractivity contribution is -0.274. The normalized spacial score (nSPS) is 11.2. The van der Waals surface area contributed by atoms with Gasteiger partial charge in [-0.25, -0.2) is 0 Å². The van der Waals surface area contributed by atoms with Crippen LogP contribution in [0.1, 0.15) is 15.9 Å².